The Balaban J connectivity index is 2.73. The van der Waals surface area contributed by atoms with Crippen LogP contribution in [0.1, 0.15) is 13.8 Å². The van der Waals surface area contributed by atoms with Crippen molar-refractivity contribution in [3.63, 3.8) is 0 Å². The summed E-state index contributed by atoms with van der Waals surface area (Å²) in [6.07, 6.45) is -4.96. The molecule has 1 heterocycles. The van der Waals surface area contributed by atoms with Crippen LogP contribution in [0.15, 0.2) is 0 Å². The summed E-state index contributed by atoms with van der Waals surface area (Å²) < 4.78 is 5.28. The van der Waals surface area contributed by atoms with E-state index in [0.29, 0.717) is 0 Å². The third kappa shape index (κ3) is 2.07. The molecule has 0 aromatic carbocycles. The highest BCUT2D eigenvalue weighted by atomic mass is 16.5. The third-order valence-corrected chi connectivity index (χ3v) is 2.59. The number of hydrogen-bond acceptors (Lipinski definition) is 5. The monoisotopic (exact) mass is 206 g/mol. The molecule has 0 spiro atoms. The van der Waals surface area contributed by atoms with Crippen LogP contribution in [-0.2, 0) is 4.74 Å². The standard InChI is InChI=1S/C9H18O5/c1-4(2)9-8(13)7(12)6(11)5(3-10)14-9/h4-13H,3H2,1-2H3/t5?,6?,7?,8-,9?/m0/s1. The Labute approximate surface area is 82.9 Å². The highest BCUT2D eigenvalue weighted by Gasteiger charge is 2.44. The first kappa shape index (κ1) is 11.9. The van der Waals surface area contributed by atoms with Crippen molar-refractivity contribution in [3.05, 3.63) is 0 Å². The Morgan fingerprint density at radius 1 is 1.07 bits per heavy atom. The largest absolute Gasteiger partial charge is 0.394 e. The summed E-state index contributed by atoms with van der Waals surface area (Å²) in [6, 6.07) is 0. The Kier molecular flexibility index (Phi) is 3.86. The van der Waals surface area contributed by atoms with E-state index in [1.54, 1.807) is 0 Å². The van der Waals surface area contributed by atoms with Crippen LogP contribution in [-0.4, -0.2) is 57.6 Å². The molecule has 5 nitrogen and oxygen atoms in total. The Morgan fingerprint density at radius 2 is 1.64 bits per heavy atom. The molecular weight excluding hydrogens is 188 g/mol. The maximum atomic E-state index is 9.57. The molecule has 0 aliphatic carbocycles. The Hall–Kier alpha value is -0.200. The van der Waals surface area contributed by atoms with Gasteiger partial charge in [0.25, 0.3) is 0 Å². The molecule has 0 aromatic heterocycles. The van der Waals surface area contributed by atoms with Crippen LogP contribution in [0, 0.1) is 5.92 Å². The maximum absolute atomic E-state index is 9.57. The molecule has 84 valence electrons. The topological polar surface area (TPSA) is 90.2 Å². The molecule has 1 aliphatic heterocycles. The number of rotatable bonds is 2. The molecule has 0 aromatic rings. The van der Waals surface area contributed by atoms with Crippen molar-refractivity contribution < 1.29 is 25.2 Å². The van der Waals surface area contributed by atoms with Crippen LogP contribution < -0.4 is 0 Å². The van der Waals surface area contributed by atoms with Crippen LogP contribution >= 0.6 is 0 Å². The van der Waals surface area contributed by atoms with Gasteiger partial charge in [0.1, 0.15) is 24.4 Å². The predicted molar refractivity (Wildman–Crippen MR) is 48.6 cm³/mol. The first-order valence-electron chi connectivity index (χ1n) is 4.79. The van der Waals surface area contributed by atoms with E-state index in [0.717, 1.165) is 0 Å². The van der Waals surface area contributed by atoms with Gasteiger partial charge < -0.3 is 25.2 Å². The first-order valence-corrected chi connectivity index (χ1v) is 4.79. The molecule has 1 fully saturated rings. The summed E-state index contributed by atoms with van der Waals surface area (Å²) >= 11 is 0. The quantitative estimate of drug-likeness (QED) is 0.441. The first-order chi connectivity index (χ1) is 6.49. The number of ether oxygens (including phenoxy) is 1. The molecule has 1 aliphatic rings. The van der Waals surface area contributed by atoms with Crippen LogP contribution in [0.5, 0.6) is 0 Å². The number of aliphatic hydroxyl groups is 4. The van der Waals surface area contributed by atoms with Crippen LogP contribution in [0.25, 0.3) is 0 Å². The molecule has 0 bridgehead atoms. The van der Waals surface area contributed by atoms with Crippen molar-refractivity contribution in [3.8, 4) is 0 Å². The lowest BCUT2D eigenvalue weighted by Crippen LogP contribution is -2.59. The average Bonchev–Trinajstić information content (AvgIpc) is 2.14. The lowest BCUT2D eigenvalue weighted by molar-refractivity contribution is -0.238. The van der Waals surface area contributed by atoms with E-state index in [-0.39, 0.29) is 12.5 Å². The smallest absolute Gasteiger partial charge is 0.111 e. The molecule has 4 unspecified atom stereocenters. The SMILES string of the molecule is CC(C)C1OC(CO)C(O)C(O)[C@@H]1O. The molecule has 0 saturated carbocycles. The molecule has 14 heavy (non-hydrogen) atoms. The lowest BCUT2D eigenvalue weighted by atomic mass is 9.90. The third-order valence-electron chi connectivity index (χ3n) is 2.59. The molecular formula is C9H18O5. The van der Waals surface area contributed by atoms with E-state index in [1.807, 2.05) is 13.8 Å². The minimum atomic E-state index is -1.26. The summed E-state index contributed by atoms with van der Waals surface area (Å²) in [4.78, 5) is 0. The summed E-state index contributed by atoms with van der Waals surface area (Å²) in [5.41, 5.74) is 0. The molecule has 0 amide bonds. The van der Waals surface area contributed by atoms with E-state index in [4.69, 9.17) is 9.84 Å². The van der Waals surface area contributed by atoms with E-state index in [9.17, 15) is 15.3 Å². The fourth-order valence-electron chi connectivity index (χ4n) is 1.68. The molecule has 5 atom stereocenters. The van der Waals surface area contributed by atoms with Gasteiger partial charge in [0.2, 0.25) is 0 Å². The number of hydrogen-bond donors (Lipinski definition) is 4. The van der Waals surface area contributed by atoms with Gasteiger partial charge in [-0.1, -0.05) is 13.8 Å². The summed E-state index contributed by atoms with van der Waals surface area (Å²) in [7, 11) is 0. The zero-order valence-electron chi connectivity index (χ0n) is 8.37. The minimum absolute atomic E-state index is 0.0150. The van der Waals surface area contributed by atoms with Gasteiger partial charge in [0, 0.05) is 0 Å². The van der Waals surface area contributed by atoms with E-state index in [1.165, 1.54) is 0 Å². The second-order valence-electron chi connectivity index (χ2n) is 4.04. The van der Waals surface area contributed by atoms with Crippen molar-refractivity contribution in [2.75, 3.05) is 6.61 Å². The minimum Gasteiger partial charge on any atom is -0.394 e. The second kappa shape index (κ2) is 4.55. The van der Waals surface area contributed by atoms with Gasteiger partial charge in [0.15, 0.2) is 0 Å². The molecule has 4 N–H and O–H groups in total. The van der Waals surface area contributed by atoms with Gasteiger partial charge in [-0.3, -0.25) is 0 Å². The lowest BCUT2D eigenvalue weighted by Gasteiger charge is -2.41. The Bertz CT molecular complexity index is 182. The predicted octanol–water partition coefficient (Wildman–Crippen LogP) is -1.52. The van der Waals surface area contributed by atoms with Crippen molar-refractivity contribution in [1.29, 1.82) is 0 Å². The summed E-state index contributed by atoms with van der Waals surface area (Å²) in [5.74, 6) is 0.0150. The molecule has 0 radical (unpaired) electrons. The van der Waals surface area contributed by atoms with Gasteiger partial charge in [-0.25, -0.2) is 0 Å². The summed E-state index contributed by atoms with van der Waals surface area (Å²) in [6.45, 7) is 3.31. The highest BCUT2D eigenvalue weighted by molar-refractivity contribution is 4.92. The molecule has 1 saturated heterocycles. The molecule has 5 heteroatoms. The maximum Gasteiger partial charge on any atom is 0.111 e. The van der Waals surface area contributed by atoms with Gasteiger partial charge >= 0.3 is 0 Å². The summed E-state index contributed by atoms with van der Waals surface area (Å²) in [5, 5.41) is 37.4. The highest BCUT2D eigenvalue weighted by Crippen LogP contribution is 2.25. The van der Waals surface area contributed by atoms with Gasteiger partial charge in [-0.2, -0.15) is 0 Å². The fraction of sp³-hybridized carbons (Fsp3) is 1.00. The van der Waals surface area contributed by atoms with Crippen LogP contribution in [0.2, 0.25) is 0 Å². The van der Waals surface area contributed by atoms with Crippen LogP contribution in [0.4, 0.5) is 0 Å². The second-order valence-corrected chi connectivity index (χ2v) is 4.04. The van der Waals surface area contributed by atoms with Crippen LogP contribution in [0.3, 0.4) is 0 Å². The van der Waals surface area contributed by atoms with Gasteiger partial charge in [-0.15, -0.1) is 0 Å². The van der Waals surface area contributed by atoms with E-state index < -0.39 is 30.5 Å². The van der Waals surface area contributed by atoms with Gasteiger partial charge in [-0.05, 0) is 5.92 Å². The fourth-order valence-corrected chi connectivity index (χ4v) is 1.68. The van der Waals surface area contributed by atoms with Crippen molar-refractivity contribution >= 4 is 0 Å². The zero-order valence-corrected chi connectivity index (χ0v) is 8.37. The Morgan fingerprint density at radius 3 is 2.07 bits per heavy atom. The zero-order chi connectivity index (χ0) is 10.9. The van der Waals surface area contributed by atoms with Crippen molar-refractivity contribution in [2.24, 2.45) is 5.92 Å². The number of aliphatic hydroxyl groups excluding tert-OH is 4. The average molecular weight is 206 g/mol. The van der Waals surface area contributed by atoms with E-state index in [2.05, 4.69) is 0 Å². The van der Waals surface area contributed by atoms with Crippen molar-refractivity contribution in [2.45, 2.75) is 44.4 Å². The normalized spacial score (nSPS) is 44.4. The van der Waals surface area contributed by atoms with Gasteiger partial charge in [0.05, 0.1) is 12.7 Å². The molecule has 1 rings (SSSR count). The van der Waals surface area contributed by atoms with E-state index >= 15 is 0 Å². The van der Waals surface area contributed by atoms with Crippen molar-refractivity contribution in [1.82, 2.24) is 0 Å².